The van der Waals surface area contributed by atoms with Crippen molar-refractivity contribution in [3.8, 4) is 0 Å². The molecule has 4 aliphatic carbocycles. The van der Waals surface area contributed by atoms with Gasteiger partial charge in [0.15, 0.2) is 11.6 Å². The Labute approximate surface area is 186 Å². The third-order valence-corrected chi connectivity index (χ3v) is 9.50. The maximum atomic E-state index is 13.5. The Hall–Kier alpha value is -1.30. The van der Waals surface area contributed by atoms with Crippen LogP contribution < -0.4 is 0 Å². The maximum Gasteiger partial charge on any atom is 0.178 e. The number of allylic oxidation sites excluding steroid dienone is 4. The lowest BCUT2D eigenvalue weighted by molar-refractivity contribution is -0.221. The van der Waals surface area contributed by atoms with E-state index in [-0.39, 0.29) is 53.4 Å². The van der Waals surface area contributed by atoms with Crippen molar-refractivity contribution in [1.29, 1.82) is 0 Å². The molecule has 0 bridgehead atoms. The van der Waals surface area contributed by atoms with E-state index in [9.17, 15) is 14.7 Å². The molecule has 0 saturated heterocycles. The van der Waals surface area contributed by atoms with Crippen LogP contribution in [0.4, 0.5) is 0 Å². The SMILES string of the molecule is CCC(=O)[C@@]1(OCOC)[C@@H](C)C[C@H]2[C@@H]3C[C@H](C)C4=CC(=O)C=C[C@]4(C)[C@H]3[C@@H](O)C[C@@]21C. The highest BCUT2D eigenvalue weighted by atomic mass is 16.7. The van der Waals surface area contributed by atoms with Crippen molar-refractivity contribution in [2.45, 2.75) is 72.0 Å². The number of carbonyl (C=O) groups is 2. The Kier molecular flexibility index (Phi) is 5.64. The van der Waals surface area contributed by atoms with E-state index in [1.807, 2.05) is 13.0 Å². The van der Waals surface area contributed by atoms with Gasteiger partial charge in [-0.2, -0.15) is 0 Å². The molecule has 0 aliphatic heterocycles. The van der Waals surface area contributed by atoms with E-state index >= 15 is 0 Å². The molecular weight excluding hydrogens is 392 g/mol. The first-order chi connectivity index (χ1) is 14.6. The fourth-order valence-corrected chi connectivity index (χ4v) is 8.46. The quantitative estimate of drug-likeness (QED) is 0.665. The van der Waals surface area contributed by atoms with Crippen LogP contribution in [0.1, 0.15) is 60.3 Å². The van der Waals surface area contributed by atoms with Crippen LogP contribution in [-0.2, 0) is 19.1 Å². The number of ether oxygens (including phenoxy) is 2. The third-order valence-electron chi connectivity index (χ3n) is 9.50. The molecule has 0 aromatic rings. The lowest BCUT2D eigenvalue weighted by atomic mass is 9.44. The normalized spacial score (nSPS) is 48.6. The number of aliphatic hydroxyl groups is 1. The second-order valence-electron chi connectivity index (χ2n) is 10.9. The summed E-state index contributed by atoms with van der Waals surface area (Å²) in [5.74, 6) is 1.06. The summed E-state index contributed by atoms with van der Waals surface area (Å²) in [7, 11) is 1.59. The Morgan fingerprint density at radius 3 is 2.61 bits per heavy atom. The van der Waals surface area contributed by atoms with Crippen LogP contribution in [0, 0.1) is 40.4 Å². The predicted octanol–water partition coefficient (Wildman–Crippen LogP) is 4.10. The van der Waals surface area contributed by atoms with Gasteiger partial charge >= 0.3 is 0 Å². The van der Waals surface area contributed by atoms with Crippen molar-refractivity contribution in [1.82, 2.24) is 0 Å². The minimum Gasteiger partial charge on any atom is -0.393 e. The molecule has 4 aliphatic rings. The van der Waals surface area contributed by atoms with Gasteiger partial charge in [-0.1, -0.05) is 46.3 Å². The van der Waals surface area contributed by atoms with Gasteiger partial charge in [-0.15, -0.1) is 0 Å². The first-order valence-corrected chi connectivity index (χ1v) is 11.9. The fraction of sp³-hybridized carbons (Fsp3) is 0.769. The Bertz CT molecular complexity index is 830. The average molecular weight is 431 g/mol. The first kappa shape index (κ1) is 22.9. The van der Waals surface area contributed by atoms with Crippen LogP contribution in [0.15, 0.2) is 23.8 Å². The zero-order chi connectivity index (χ0) is 22.8. The fourth-order valence-electron chi connectivity index (χ4n) is 8.46. The number of methoxy groups -OCH3 is 1. The van der Waals surface area contributed by atoms with E-state index in [0.717, 1.165) is 18.4 Å². The van der Waals surface area contributed by atoms with E-state index in [2.05, 4.69) is 27.7 Å². The molecular formula is C26H38O5. The summed E-state index contributed by atoms with van der Waals surface area (Å²) in [4.78, 5) is 25.6. The minimum absolute atomic E-state index is 0.0412. The number of aliphatic hydroxyl groups excluding tert-OH is 1. The van der Waals surface area contributed by atoms with Gasteiger partial charge in [-0.25, -0.2) is 0 Å². The third kappa shape index (κ3) is 2.92. The molecule has 0 amide bonds. The zero-order valence-corrected chi connectivity index (χ0v) is 19.8. The molecule has 9 atom stereocenters. The zero-order valence-electron chi connectivity index (χ0n) is 19.8. The standard InChI is InChI=1S/C26H38O5/c1-7-22(29)26(31-14-30-6)16(3)11-20-18-10-15(2)19-12-17(27)8-9-24(19,4)23(18)21(28)13-25(20,26)5/h8-9,12,15-16,18,20-21,23,28H,7,10-11,13-14H2,1-6H3/t15-,16-,18-,20-,21-,23+,24-,25-,26-/m0/s1. The summed E-state index contributed by atoms with van der Waals surface area (Å²) in [6.07, 6.45) is 7.71. The number of fused-ring (bicyclic) bond motifs is 5. The molecule has 172 valence electrons. The van der Waals surface area contributed by atoms with Crippen LogP contribution in [-0.4, -0.2) is 42.3 Å². The molecule has 3 saturated carbocycles. The van der Waals surface area contributed by atoms with Crippen LogP contribution in [0.25, 0.3) is 0 Å². The van der Waals surface area contributed by atoms with Crippen LogP contribution in [0.5, 0.6) is 0 Å². The molecule has 5 nitrogen and oxygen atoms in total. The van der Waals surface area contributed by atoms with Gasteiger partial charge in [-0.3, -0.25) is 9.59 Å². The highest BCUT2D eigenvalue weighted by Crippen LogP contribution is 2.69. The molecule has 1 N–H and O–H groups in total. The van der Waals surface area contributed by atoms with Gasteiger partial charge in [0.2, 0.25) is 0 Å². The van der Waals surface area contributed by atoms with Crippen molar-refractivity contribution in [3.63, 3.8) is 0 Å². The maximum absolute atomic E-state index is 13.5. The van der Waals surface area contributed by atoms with E-state index in [1.165, 1.54) is 0 Å². The van der Waals surface area contributed by atoms with E-state index in [1.54, 1.807) is 19.3 Å². The van der Waals surface area contributed by atoms with Crippen molar-refractivity contribution < 1.29 is 24.2 Å². The Balaban J connectivity index is 1.81. The van der Waals surface area contributed by atoms with Crippen LogP contribution >= 0.6 is 0 Å². The lowest BCUT2D eigenvalue weighted by Crippen LogP contribution is -2.63. The van der Waals surface area contributed by atoms with E-state index < -0.39 is 17.1 Å². The molecule has 5 heteroatoms. The Morgan fingerprint density at radius 1 is 1.26 bits per heavy atom. The summed E-state index contributed by atoms with van der Waals surface area (Å²) in [5.41, 5.74) is -0.563. The molecule has 4 rings (SSSR count). The summed E-state index contributed by atoms with van der Waals surface area (Å²) >= 11 is 0. The highest BCUT2D eigenvalue weighted by molar-refractivity contribution is 6.01. The molecule has 0 unspecified atom stereocenters. The smallest absolute Gasteiger partial charge is 0.178 e. The number of hydrogen-bond acceptors (Lipinski definition) is 5. The second kappa shape index (κ2) is 7.64. The van der Waals surface area contributed by atoms with Crippen molar-refractivity contribution in [2.24, 2.45) is 40.4 Å². The molecule has 31 heavy (non-hydrogen) atoms. The van der Waals surface area contributed by atoms with Crippen LogP contribution in [0.2, 0.25) is 0 Å². The average Bonchev–Trinajstić information content (AvgIpc) is 2.94. The molecule has 0 radical (unpaired) electrons. The molecule has 0 aromatic heterocycles. The summed E-state index contributed by atoms with van der Waals surface area (Å²) in [5, 5.41) is 11.6. The van der Waals surface area contributed by atoms with Crippen molar-refractivity contribution in [3.05, 3.63) is 23.8 Å². The monoisotopic (exact) mass is 430 g/mol. The van der Waals surface area contributed by atoms with Gasteiger partial charge < -0.3 is 14.6 Å². The van der Waals surface area contributed by atoms with Gasteiger partial charge in [0.25, 0.3) is 0 Å². The van der Waals surface area contributed by atoms with Gasteiger partial charge in [-0.05, 0) is 55.1 Å². The number of rotatable bonds is 5. The van der Waals surface area contributed by atoms with Crippen molar-refractivity contribution in [2.75, 3.05) is 13.9 Å². The van der Waals surface area contributed by atoms with Crippen molar-refractivity contribution >= 4 is 11.6 Å². The topological polar surface area (TPSA) is 72.8 Å². The molecule has 0 spiro atoms. The van der Waals surface area contributed by atoms with Gasteiger partial charge in [0.05, 0.1) is 6.10 Å². The molecule has 3 fully saturated rings. The number of carbonyl (C=O) groups excluding carboxylic acids is 2. The molecule has 0 aromatic carbocycles. The lowest BCUT2D eigenvalue weighted by Gasteiger charge is -2.61. The number of Topliss-reactive ketones (excluding diaryl/α,β-unsaturated/α-hetero) is 1. The number of ketones is 2. The summed E-state index contributed by atoms with van der Waals surface area (Å²) in [6.45, 7) is 10.7. The molecule has 0 heterocycles. The summed E-state index contributed by atoms with van der Waals surface area (Å²) < 4.78 is 11.6. The second-order valence-corrected chi connectivity index (χ2v) is 10.9. The highest BCUT2D eigenvalue weighted by Gasteiger charge is 2.71. The van der Waals surface area contributed by atoms with Gasteiger partial charge in [0.1, 0.15) is 12.4 Å². The predicted molar refractivity (Wildman–Crippen MR) is 118 cm³/mol. The summed E-state index contributed by atoms with van der Waals surface area (Å²) in [6, 6.07) is 0. The number of hydrogen-bond donors (Lipinski definition) is 1. The minimum atomic E-state index is -0.937. The van der Waals surface area contributed by atoms with E-state index in [0.29, 0.717) is 12.8 Å². The van der Waals surface area contributed by atoms with E-state index in [4.69, 9.17) is 9.47 Å². The Morgan fingerprint density at radius 2 is 1.97 bits per heavy atom. The largest absolute Gasteiger partial charge is 0.393 e. The van der Waals surface area contributed by atoms with Gasteiger partial charge in [0, 0.05) is 30.3 Å². The first-order valence-electron chi connectivity index (χ1n) is 11.9. The van der Waals surface area contributed by atoms with Crippen LogP contribution in [0.3, 0.4) is 0 Å².